The van der Waals surface area contributed by atoms with Crippen molar-refractivity contribution < 1.29 is 4.92 Å². The van der Waals surface area contributed by atoms with Crippen molar-refractivity contribution in [3.63, 3.8) is 0 Å². The van der Waals surface area contributed by atoms with Gasteiger partial charge in [-0.05, 0) is 42.5 Å². The van der Waals surface area contributed by atoms with Crippen molar-refractivity contribution >= 4 is 23.0 Å². The van der Waals surface area contributed by atoms with Crippen molar-refractivity contribution in [1.82, 2.24) is 0 Å². The Kier molecular flexibility index (Phi) is 3.57. The second kappa shape index (κ2) is 5.64. The number of halogens is 1. The zero-order chi connectivity index (χ0) is 16.8. The predicted octanol–water partition coefficient (Wildman–Crippen LogP) is 5.38. The molecule has 0 saturated carbocycles. The van der Waals surface area contributed by atoms with Crippen molar-refractivity contribution in [3.8, 4) is 0 Å². The van der Waals surface area contributed by atoms with Gasteiger partial charge in [0.1, 0.15) is 5.02 Å². The SMILES string of the molecule is Cc1ccc2c(c1)[C@@H]1C=CC[C@H]1[C@@H](c1ccc(Cl)c([N+](=O)[O-])c1)N2. The minimum Gasteiger partial charge on any atom is -0.378 e. The molecule has 2 aromatic rings. The van der Waals surface area contributed by atoms with Crippen LogP contribution in [0.2, 0.25) is 5.02 Å². The molecule has 1 N–H and O–H groups in total. The average Bonchev–Trinajstić information content (AvgIpc) is 3.04. The molecule has 4 rings (SSSR count). The number of nitrogens with one attached hydrogen (secondary N) is 1. The third-order valence-corrected chi connectivity index (χ3v) is 5.36. The summed E-state index contributed by atoms with van der Waals surface area (Å²) in [6, 6.07) is 11.6. The monoisotopic (exact) mass is 340 g/mol. The van der Waals surface area contributed by atoms with Crippen molar-refractivity contribution in [2.24, 2.45) is 5.92 Å². The van der Waals surface area contributed by atoms with E-state index in [1.807, 2.05) is 6.07 Å². The van der Waals surface area contributed by atoms with E-state index in [4.69, 9.17) is 11.6 Å². The summed E-state index contributed by atoms with van der Waals surface area (Å²) in [6.07, 6.45) is 5.44. The number of hydrogen-bond acceptors (Lipinski definition) is 3. The van der Waals surface area contributed by atoms with Crippen LogP contribution in [0.4, 0.5) is 11.4 Å². The van der Waals surface area contributed by atoms with E-state index < -0.39 is 4.92 Å². The molecule has 0 spiro atoms. The number of nitro benzene ring substituents is 1. The summed E-state index contributed by atoms with van der Waals surface area (Å²) in [7, 11) is 0. The molecule has 5 heteroatoms. The summed E-state index contributed by atoms with van der Waals surface area (Å²) in [5.41, 5.74) is 4.55. The molecule has 3 atom stereocenters. The third kappa shape index (κ3) is 2.38. The van der Waals surface area contributed by atoms with Crippen LogP contribution < -0.4 is 5.32 Å². The molecule has 4 nitrogen and oxygen atoms in total. The summed E-state index contributed by atoms with van der Waals surface area (Å²) in [4.78, 5) is 10.8. The third-order valence-electron chi connectivity index (χ3n) is 5.04. The van der Waals surface area contributed by atoms with E-state index in [2.05, 4.69) is 42.6 Å². The number of benzene rings is 2. The van der Waals surface area contributed by atoms with Gasteiger partial charge in [-0.2, -0.15) is 0 Å². The van der Waals surface area contributed by atoms with Crippen LogP contribution in [0, 0.1) is 23.0 Å². The minimum atomic E-state index is -0.420. The van der Waals surface area contributed by atoms with Gasteiger partial charge >= 0.3 is 0 Å². The van der Waals surface area contributed by atoms with Gasteiger partial charge in [-0.1, -0.05) is 47.5 Å². The molecular formula is C19H17ClN2O2. The van der Waals surface area contributed by atoms with Crippen LogP contribution in [0.1, 0.15) is 35.1 Å². The molecule has 1 aliphatic heterocycles. The van der Waals surface area contributed by atoms with Crippen LogP contribution in [0.15, 0.2) is 48.6 Å². The Morgan fingerprint density at radius 1 is 1.25 bits per heavy atom. The molecule has 1 heterocycles. The smallest absolute Gasteiger partial charge is 0.288 e. The molecule has 0 amide bonds. The topological polar surface area (TPSA) is 55.2 Å². The van der Waals surface area contributed by atoms with Gasteiger partial charge in [0.05, 0.1) is 11.0 Å². The summed E-state index contributed by atoms with van der Waals surface area (Å²) in [5.74, 6) is 0.709. The Hall–Kier alpha value is -2.33. The Bertz CT molecular complexity index is 862. The molecule has 2 aromatic carbocycles. The largest absolute Gasteiger partial charge is 0.378 e. The molecule has 0 fully saturated rings. The maximum atomic E-state index is 11.2. The summed E-state index contributed by atoms with van der Waals surface area (Å²) < 4.78 is 0. The highest BCUT2D eigenvalue weighted by Gasteiger charge is 2.38. The number of allylic oxidation sites excluding steroid dienone is 2. The van der Waals surface area contributed by atoms with E-state index in [1.165, 1.54) is 11.1 Å². The number of rotatable bonds is 2. The molecule has 2 aliphatic rings. The molecule has 24 heavy (non-hydrogen) atoms. The van der Waals surface area contributed by atoms with Crippen molar-refractivity contribution in [3.05, 3.63) is 80.4 Å². The number of aryl methyl sites for hydroxylation is 1. The van der Waals surface area contributed by atoms with Gasteiger partial charge in [-0.3, -0.25) is 10.1 Å². The van der Waals surface area contributed by atoms with Crippen molar-refractivity contribution in [2.75, 3.05) is 5.32 Å². The molecule has 0 radical (unpaired) electrons. The van der Waals surface area contributed by atoms with E-state index in [1.54, 1.807) is 12.1 Å². The van der Waals surface area contributed by atoms with Crippen LogP contribution in [0.3, 0.4) is 0 Å². The summed E-state index contributed by atoms with van der Waals surface area (Å²) >= 11 is 5.97. The number of nitrogens with zero attached hydrogens (tertiary/aromatic N) is 1. The molecule has 0 unspecified atom stereocenters. The maximum Gasteiger partial charge on any atom is 0.288 e. The number of hydrogen-bond donors (Lipinski definition) is 1. The van der Waals surface area contributed by atoms with Gasteiger partial charge in [0, 0.05) is 17.7 Å². The molecular weight excluding hydrogens is 324 g/mol. The fourth-order valence-electron chi connectivity index (χ4n) is 3.91. The van der Waals surface area contributed by atoms with E-state index in [0.717, 1.165) is 17.7 Å². The fourth-order valence-corrected chi connectivity index (χ4v) is 4.09. The first-order valence-electron chi connectivity index (χ1n) is 8.02. The van der Waals surface area contributed by atoms with Gasteiger partial charge in [0.15, 0.2) is 0 Å². The lowest BCUT2D eigenvalue weighted by molar-refractivity contribution is -0.384. The molecule has 1 aliphatic carbocycles. The highest BCUT2D eigenvalue weighted by Crippen LogP contribution is 2.50. The lowest BCUT2D eigenvalue weighted by atomic mass is 9.76. The first-order valence-corrected chi connectivity index (χ1v) is 8.40. The van der Waals surface area contributed by atoms with E-state index in [-0.39, 0.29) is 16.8 Å². The second-order valence-corrected chi connectivity index (χ2v) is 6.94. The quantitative estimate of drug-likeness (QED) is 0.453. The lowest BCUT2D eigenvalue weighted by Crippen LogP contribution is -2.29. The van der Waals surface area contributed by atoms with Crippen LogP contribution >= 0.6 is 11.6 Å². The summed E-state index contributed by atoms with van der Waals surface area (Å²) in [5, 5.41) is 15.0. The Balaban J connectivity index is 1.79. The van der Waals surface area contributed by atoms with Gasteiger partial charge in [-0.15, -0.1) is 0 Å². The Labute approximate surface area is 145 Å². The highest BCUT2D eigenvalue weighted by molar-refractivity contribution is 6.32. The highest BCUT2D eigenvalue weighted by atomic mass is 35.5. The molecule has 122 valence electrons. The zero-order valence-corrected chi connectivity index (χ0v) is 14.0. The summed E-state index contributed by atoms with van der Waals surface area (Å²) in [6.45, 7) is 2.10. The number of anilines is 1. The van der Waals surface area contributed by atoms with E-state index >= 15 is 0 Å². The predicted molar refractivity (Wildman–Crippen MR) is 95.6 cm³/mol. The van der Waals surface area contributed by atoms with Crippen molar-refractivity contribution in [1.29, 1.82) is 0 Å². The fraction of sp³-hybridized carbons (Fsp3) is 0.263. The lowest BCUT2D eigenvalue weighted by Gasteiger charge is -2.37. The number of nitro groups is 1. The second-order valence-electron chi connectivity index (χ2n) is 6.53. The van der Waals surface area contributed by atoms with Crippen LogP contribution in [-0.4, -0.2) is 4.92 Å². The number of fused-ring (bicyclic) bond motifs is 3. The van der Waals surface area contributed by atoms with Crippen LogP contribution in [0.25, 0.3) is 0 Å². The first-order chi connectivity index (χ1) is 11.5. The Morgan fingerprint density at radius 2 is 2.08 bits per heavy atom. The Morgan fingerprint density at radius 3 is 2.88 bits per heavy atom. The van der Waals surface area contributed by atoms with Gasteiger partial charge in [-0.25, -0.2) is 0 Å². The first kappa shape index (κ1) is 15.2. The normalized spacial score (nSPS) is 24.2. The van der Waals surface area contributed by atoms with Gasteiger partial charge in [0.2, 0.25) is 0 Å². The van der Waals surface area contributed by atoms with Crippen LogP contribution in [0.5, 0.6) is 0 Å². The van der Waals surface area contributed by atoms with E-state index in [0.29, 0.717) is 11.8 Å². The average molecular weight is 341 g/mol. The maximum absolute atomic E-state index is 11.2. The van der Waals surface area contributed by atoms with Gasteiger partial charge < -0.3 is 5.32 Å². The van der Waals surface area contributed by atoms with Gasteiger partial charge in [0.25, 0.3) is 5.69 Å². The van der Waals surface area contributed by atoms with Crippen molar-refractivity contribution in [2.45, 2.75) is 25.3 Å². The van der Waals surface area contributed by atoms with E-state index in [9.17, 15) is 10.1 Å². The standard InChI is InChI=1S/C19H17ClN2O2/c1-11-5-8-17-15(9-11)13-3-2-4-14(13)19(21-17)12-6-7-16(20)18(10-12)22(23)24/h2-3,5-10,13-14,19,21H,4H2,1H3/t13-,14-,19-/m1/s1. The molecule has 0 saturated heterocycles. The molecule has 0 bridgehead atoms. The minimum absolute atomic E-state index is 0.0341. The molecule has 0 aromatic heterocycles. The zero-order valence-electron chi connectivity index (χ0n) is 13.2. The van der Waals surface area contributed by atoms with Crippen LogP contribution in [-0.2, 0) is 0 Å².